The Balaban J connectivity index is 1.44. The maximum Gasteiger partial charge on any atom is 0.348 e. The average Bonchev–Trinajstić information content (AvgIpc) is 3.41. The summed E-state index contributed by atoms with van der Waals surface area (Å²) in [6, 6.07) is 6.86. The first-order valence-corrected chi connectivity index (χ1v) is 11.3. The quantitative estimate of drug-likeness (QED) is 0.415. The molecule has 2 aromatic rings. The largest absolute Gasteiger partial charge is 0.376 e. The predicted octanol–water partition coefficient (Wildman–Crippen LogP) is 2.84. The van der Waals surface area contributed by atoms with Gasteiger partial charge in [-0.25, -0.2) is 4.79 Å². The lowest BCUT2D eigenvalue weighted by Crippen LogP contribution is -2.31. The van der Waals surface area contributed by atoms with Crippen molar-refractivity contribution in [2.45, 2.75) is 56.7 Å². The maximum absolute atomic E-state index is 12.7. The summed E-state index contributed by atoms with van der Waals surface area (Å²) in [6.07, 6.45) is 4.82. The molecule has 30 heavy (non-hydrogen) atoms. The fourth-order valence-corrected chi connectivity index (χ4v) is 4.91. The lowest BCUT2D eigenvalue weighted by molar-refractivity contribution is -0.113. The third-order valence-corrected chi connectivity index (χ3v) is 6.52. The van der Waals surface area contributed by atoms with E-state index >= 15 is 0 Å². The van der Waals surface area contributed by atoms with Crippen LogP contribution in [0.5, 0.6) is 0 Å². The lowest BCUT2D eigenvalue weighted by Gasteiger charge is -2.17. The van der Waals surface area contributed by atoms with E-state index < -0.39 is 0 Å². The van der Waals surface area contributed by atoms with Crippen molar-refractivity contribution in [2.75, 3.05) is 17.7 Å². The molecule has 1 saturated heterocycles. The molecule has 2 aliphatic rings. The third kappa shape index (κ3) is 4.65. The number of carbonyl (C=O) groups is 2. The van der Waals surface area contributed by atoms with Gasteiger partial charge in [-0.1, -0.05) is 23.9 Å². The van der Waals surface area contributed by atoms with Gasteiger partial charge in [-0.3, -0.25) is 14.2 Å². The molecule has 1 amide bonds. The number of aromatic nitrogens is 2. The summed E-state index contributed by atoms with van der Waals surface area (Å²) in [6.45, 7) is 2.81. The standard InChI is InChI=1S/C22H25N3O4S/c1-14(26)15-5-2-6-16(11-15)23-20(27)13-30-21-18-8-3-9-19(18)25(22(28)24-21)12-17-7-4-10-29-17/h2,5-6,11,17H,3-4,7-10,12-13H2,1H3,(H,23,27)/t17-/m0/s1. The second-order valence-electron chi connectivity index (χ2n) is 7.70. The maximum atomic E-state index is 12.7. The lowest BCUT2D eigenvalue weighted by atomic mass is 10.1. The van der Waals surface area contributed by atoms with Crippen LogP contribution in [0.1, 0.15) is 47.8 Å². The van der Waals surface area contributed by atoms with Crippen LogP contribution < -0.4 is 11.0 Å². The minimum Gasteiger partial charge on any atom is -0.376 e. The highest BCUT2D eigenvalue weighted by Crippen LogP contribution is 2.30. The zero-order chi connectivity index (χ0) is 21.1. The van der Waals surface area contributed by atoms with E-state index in [-0.39, 0.29) is 29.2 Å². The fraction of sp³-hybridized carbons (Fsp3) is 0.455. The van der Waals surface area contributed by atoms with Crippen LogP contribution in [-0.2, 0) is 28.9 Å². The number of fused-ring (bicyclic) bond motifs is 1. The molecule has 1 atom stereocenters. The molecule has 4 rings (SSSR count). The van der Waals surface area contributed by atoms with E-state index in [0.717, 1.165) is 50.0 Å². The topological polar surface area (TPSA) is 90.3 Å². The van der Waals surface area contributed by atoms with Crippen LogP contribution in [0, 0.1) is 0 Å². The Morgan fingerprint density at radius 1 is 1.30 bits per heavy atom. The number of hydrogen-bond acceptors (Lipinski definition) is 6. The van der Waals surface area contributed by atoms with Gasteiger partial charge < -0.3 is 10.1 Å². The van der Waals surface area contributed by atoms with Crippen LogP contribution in [0.4, 0.5) is 5.69 Å². The number of anilines is 1. The van der Waals surface area contributed by atoms with E-state index in [1.807, 2.05) is 0 Å². The van der Waals surface area contributed by atoms with Crippen molar-refractivity contribution >= 4 is 29.1 Å². The Morgan fingerprint density at radius 2 is 2.17 bits per heavy atom. The van der Waals surface area contributed by atoms with Gasteiger partial charge >= 0.3 is 5.69 Å². The molecule has 1 aliphatic heterocycles. The summed E-state index contributed by atoms with van der Waals surface area (Å²) < 4.78 is 7.47. The smallest absolute Gasteiger partial charge is 0.348 e. The van der Waals surface area contributed by atoms with Gasteiger partial charge in [0.2, 0.25) is 5.91 Å². The number of rotatable bonds is 7. The minimum atomic E-state index is -0.261. The summed E-state index contributed by atoms with van der Waals surface area (Å²) in [5, 5.41) is 3.47. The number of nitrogens with zero attached hydrogens (tertiary/aromatic N) is 2. The number of thioether (sulfide) groups is 1. The Bertz CT molecular complexity index is 1030. The molecule has 0 bridgehead atoms. The van der Waals surface area contributed by atoms with Gasteiger partial charge in [0.25, 0.3) is 0 Å². The average molecular weight is 428 g/mol. The highest BCUT2D eigenvalue weighted by molar-refractivity contribution is 8.00. The zero-order valence-corrected chi connectivity index (χ0v) is 17.8. The van der Waals surface area contributed by atoms with Gasteiger partial charge in [0.05, 0.1) is 18.4 Å². The van der Waals surface area contributed by atoms with Crippen molar-refractivity contribution in [3.8, 4) is 0 Å². The molecule has 2 heterocycles. The number of Topliss-reactive ketones (excluding diaryl/α,β-unsaturated/α-hetero) is 1. The van der Waals surface area contributed by atoms with Crippen LogP contribution in [0.25, 0.3) is 0 Å². The normalized spacial score (nSPS) is 17.7. The second kappa shape index (κ2) is 9.14. The van der Waals surface area contributed by atoms with Crippen molar-refractivity contribution in [3.63, 3.8) is 0 Å². The Hall–Kier alpha value is -2.45. The molecule has 1 fully saturated rings. The molecule has 1 aromatic heterocycles. The molecule has 7 nitrogen and oxygen atoms in total. The van der Waals surface area contributed by atoms with Crippen molar-refractivity contribution in [3.05, 3.63) is 51.6 Å². The van der Waals surface area contributed by atoms with Crippen LogP contribution >= 0.6 is 11.8 Å². The first-order chi connectivity index (χ1) is 14.5. The molecule has 1 aliphatic carbocycles. The molecule has 0 unspecified atom stereocenters. The summed E-state index contributed by atoms with van der Waals surface area (Å²) >= 11 is 1.29. The second-order valence-corrected chi connectivity index (χ2v) is 8.66. The Morgan fingerprint density at radius 3 is 2.93 bits per heavy atom. The highest BCUT2D eigenvalue weighted by Gasteiger charge is 2.25. The van der Waals surface area contributed by atoms with Crippen LogP contribution in [0.2, 0.25) is 0 Å². The first-order valence-electron chi connectivity index (χ1n) is 10.3. The number of benzene rings is 1. The molecule has 8 heteroatoms. The number of carbonyl (C=O) groups excluding carboxylic acids is 2. The van der Waals surface area contributed by atoms with Gasteiger partial charge in [-0.15, -0.1) is 0 Å². The minimum absolute atomic E-state index is 0.0520. The van der Waals surface area contributed by atoms with Gasteiger partial charge in [0.15, 0.2) is 5.78 Å². The number of amides is 1. The summed E-state index contributed by atoms with van der Waals surface area (Å²) in [4.78, 5) is 40.9. The molecule has 0 radical (unpaired) electrons. The summed E-state index contributed by atoms with van der Waals surface area (Å²) in [5.74, 6) is -0.0968. The van der Waals surface area contributed by atoms with Crippen molar-refractivity contribution in [1.82, 2.24) is 9.55 Å². The zero-order valence-electron chi connectivity index (χ0n) is 17.0. The molecule has 158 valence electrons. The van der Waals surface area contributed by atoms with Gasteiger partial charge in [-0.2, -0.15) is 4.98 Å². The van der Waals surface area contributed by atoms with Gasteiger partial charge in [-0.05, 0) is 51.2 Å². The van der Waals surface area contributed by atoms with Crippen molar-refractivity contribution in [2.24, 2.45) is 0 Å². The highest BCUT2D eigenvalue weighted by atomic mass is 32.2. The molecular weight excluding hydrogens is 402 g/mol. The summed E-state index contributed by atoms with van der Waals surface area (Å²) in [7, 11) is 0. The van der Waals surface area contributed by atoms with Crippen LogP contribution in [-0.4, -0.2) is 39.7 Å². The van der Waals surface area contributed by atoms with E-state index in [0.29, 0.717) is 22.8 Å². The monoisotopic (exact) mass is 427 g/mol. The van der Waals surface area contributed by atoms with Gasteiger partial charge in [0, 0.05) is 29.1 Å². The van der Waals surface area contributed by atoms with Crippen LogP contribution in [0.3, 0.4) is 0 Å². The Kier molecular flexibility index (Phi) is 6.34. The number of ketones is 1. The summed E-state index contributed by atoms with van der Waals surface area (Å²) in [5.41, 5.74) is 3.00. The van der Waals surface area contributed by atoms with E-state index in [1.54, 1.807) is 28.8 Å². The van der Waals surface area contributed by atoms with E-state index in [1.165, 1.54) is 18.7 Å². The first kappa shape index (κ1) is 20.8. The van der Waals surface area contributed by atoms with Crippen molar-refractivity contribution in [1.29, 1.82) is 0 Å². The Labute approximate surface area is 179 Å². The number of ether oxygens (including phenoxy) is 1. The van der Waals surface area contributed by atoms with E-state index in [9.17, 15) is 14.4 Å². The third-order valence-electron chi connectivity index (χ3n) is 5.50. The van der Waals surface area contributed by atoms with E-state index in [2.05, 4.69) is 10.3 Å². The predicted molar refractivity (Wildman–Crippen MR) is 115 cm³/mol. The van der Waals surface area contributed by atoms with Crippen molar-refractivity contribution < 1.29 is 14.3 Å². The molecular formula is C22H25N3O4S. The number of hydrogen-bond donors (Lipinski definition) is 1. The molecule has 1 N–H and O–H groups in total. The van der Waals surface area contributed by atoms with E-state index in [4.69, 9.17) is 4.74 Å². The molecule has 0 saturated carbocycles. The number of nitrogens with one attached hydrogen (secondary N) is 1. The fourth-order valence-electron chi connectivity index (χ4n) is 4.03. The molecule has 1 aromatic carbocycles. The molecule has 0 spiro atoms. The van der Waals surface area contributed by atoms with Gasteiger partial charge in [0.1, 0.15) is 5.03 Å². The SMILES string of the molecule is CC(=O)c1cccc(NC(=O)CSc2nc(=O)n(C[C@@H]3CCCO3)c3c2CCC3)c1. The van der Waals surface area contributed by atoms with Crippen LogP contribution in [0.15, 0.2) is 34.1 Å².